The topological polar surface area (TPSA) is 61.3 Å². The van der Waals surface area contributed by atoms with E-state index >= 15 is 0 Å². The van der Waals surface area contributed by atoms with Crippen LogP contribution in [-0.2, 0) is 4.74 Å². The summed E-state index contributed by atoms with van der Waals surface area (Å²) in [5.41, 5.74) is 11.9. The van der Waals surface area contributed by atoms with Gasteiger partial charge in [-0.2, -0.15) is 0 Å². The third kappa shape index (κ3) is 4.00. The van der Waals surface area contributed by atoms with Crippen molar-refractivity contribution in [1.82, 2.24) is 0 Å². The zero-order valence-electron chi connectivity index (χ0n) is 8.11. The molecule has 0 heterocycles. The minimum atomic E-state index is 0.581. The molecule has 0 spiro atoms. The monoisotopic (exact) mass is 212 g/mol. The third-order valence-electron chi connectivity index (χ3n) is 1.67. The summed E-state index contributed by atoms with van der Waals surface area (Å²) in [7, 11) is 0. The van der Waals surface area contributed by atoms with Crippen LogP contribution in [0.15, 0.2) is 29.2 Å². The van der Waals surface area contributed by atoms with Crippen LogP contribution in [0.1, 0.15) is 0 Å². The van der Waals surface area contributed by atoms with Crippen LogP contribution in [0, 0.1) is 0 Å². The predicted octanol–water partition coefficient (Wildman–Crippen LogP) is 1.34. The maximum absolute atomic E-state index is 5.78. The van der Waals surface area contributed by atoms with Crippen molar-refractivity contribution in [2.75, 3.05) is 31.2 Å². The molecule has 0 fully saturated rings. The number of rotatable bonds is 6. The molecule has 0 saturated heterocycles. The molecule has 4 N–H and O–H groups in total. The number of nitrogens with two attached hydrogens (primary N) is 2. The summed E-state index contributed by atoms with van der Waals surface area (Å²) in [4.78, 5) is 1.11. The third-order valence-corrected chi connectivity index (χ3v) is 2.72. The number of thioether (sulfide) groups is 1. The minimum Gasteiger partial charge on any atom is -0.398 e. The van der Waals surface area contributed by atoms with Gasteiger partial charge in [-0.3, -0.25) is 0 Å². The second kappa shape index (κ2) is 6.70. The molecule has 0 saturated carbocycles. The molecule has 0 radical (unpaired) electrons. The Kier molecular flexibility index (Phi) is 5.44. The number of ether oxygens (including phenoxy) is 1. The number of anilines is 1. The average molecular weight is 212 g/mol. The molecule has 0 atom stereocenters. The van der Waals surface area contributed by atoms with Crippen LogP contribution in [0.4, 0.5) is 5.69 Å². The van der Waals surface area contributed by atoms with E-state index in [1.807, 2.05) is 24.3 Å². The van der Waals surface area contributed by atoms with E-state index in [1.165, 1.54) is 0 Å². The molecule has 1 aromatic carbocycles. The maximum atomic E-state index is 5.78. The molecule has 0 amide bonds. The summed E-state index contributed by atoms with van der Waals surface area (Å²) < 4.78 is 5.26. The van der Waals surface area contributed by atoms with Gasteiger partial charge in [0.15, 0.2) is 0 Å². The number of nitrogen functional groups attached to an aromatic ring is 1. The van der Waals surface area contributed by atoms with Crippen molar-refractivity contribution in [3.63, 3.8) is 0 Å². The van der Waals surface area contributed by atoms with E-state index in [0.29, 0.717) is 13.2 Å². The van der Waals surface area contributed by atoms with E-state index in [9.17, 15) is 0 Å². The fourth-order valence-electron chi connectivity index (χ4n) is 1.01. The number of hydrogen-bond acceptors (Lipinski definition) is 4. The second-order valence-electron chi connectivity index (χ2n) is 2.79. The quantitative estimate of drug-likeness (QED) is 0.424. The van der Waals surface area contributed by atoms with Crippen LogP contribution in [0.3, 0.4) is 0 Å². The molecule has 0 aliphatic carbocycles. The lowest BCUT2D eigenvalue weighted by atomic mass is 10.3. The Morgan fingerprint density at radius 2 is 2.00 bits per heavy atom. The molecule has 0 aromatic heterocycles. The summed E-state index contributed by atoms with van der Waals surface area (Å²) in [5, 5.41) is 0. The van der Waals surface area contributed by atoms with Crippen LogP contribution in [0.25, 0.3) is 0 Å². The average Bonchev–Trinajstić information content (AvgIpc) is 2.20. The number of para-hydroxylation sites is 1. The Bertz CT molecular complexity index is 268. The van der Waals surface area contributed by atoms with E-state index < -0.39 is 0 Å². The highest BCUT2D eigenvalue weighted by Gasteiger charge is 1.97. The van der Waals surface area contributed by atoms with Gasteiger partial charge in [0.2, 0.25) is 0 Å². The zero-order chi connectivity index (χ0) is 10.2. The van der Waals surface area contributed by atoms with E-state index in [2.05, 4.69) is 0 Å². The van der Waals surface area contributed by atoms with Crippen molar-refractivity contribution >= 4 is 17.4 Å². The summed E-state index contributed by atoms with van der Waals surface area (Å²) in [5.74, 6) is 0.911. The van der Waals surface area contributed by atoms with Crippen LogP contribution in [0.2, 0.25) is 0 Å². The lowest BCUT2D eigenvalue weighted by molar-refractivity contribution is 0.158. The van der Waals surface area contributed by atoms with Crippen molar-refractivity contribution in [1.29, 1.82) is 0 Å². The molecule has 0 bridgehead atoms. The highest BCUT2D eigenvalue weighted by Crippen LogP contribution is 2.23. The van der Waals surface area contributed by atoms with Gasteiger partial charge < -0.3 is 16.2 Å². The Morgan fingerprint density at radius 3 is 2.71 bits per heavy atom. The lowest BCUT2D eigenvalue weighted by Crippen LogP contribution is -2.09. The Morgan fingerprint density at radius 1 is 1.21 bits per heavy atom. The molecule has 14 heavy (non-hydrogen) atoms. The fourth-order valence-corrected chi connectivity index (χ4v) is 1.84. The lowest BCUT2D eigenvalue weighted by Gasteiger charge is -2.05. The highest BCUT2D eigenvalue weighted by atomic mass is 32.2. The molecule has 1 aromatic rings. The first-order valence-corrected chi connectivity index (χ1v) is 5.58. The molecule has 0 unspecified atom stereocenters. The highest BCUT2D eigenvalue weighted by molar-refractivity contribution is 7.99. The molecule has 0 aliphatic heterocycles. The van der Waals surface area contributed by atoms with Gasteiger partial charge in [0.1, 0.15) is 0 Å². The molecule has 3 nitrogen and oxygen atoms in total. The summed E-state index contributed by atoms with van der Waals surface area (Å²) >= 11 is 1.71. The van der Waals surface area contributed by atoms with Gasteiger partial charge in [-0.25, -0.2) is 0 Å². The summed E-state index contributed by atoms with van der Waals surface area (Å²) in [6.07, 6.45) is 0. The first kappa shape index (κ1) is 11.4. The van der Waals surface area contributed by atoms with E-state index in [-0.39, 0.29) is 0 Å². The van der Waals surface area contributed by atoms with Gasteiger partial charge in [-0.1, -0.05) is 12.1 Å². The van der Waals surface area contributed by atoms with E-state index in [0.717, 1.165) is 22.9 Å². The van der Waals surface area contributed by atoms with Gasteiger partial charge in [0.05, 0.1) is 13.2 Å². The van der Waals surface area contributed by atoms with Gasteiger partial charge in [0, 0.05) is 22.9 Å². The number of hydrogen-bond donors (Lipinski definition) is 2. The van der Waals surface area contributed by atoms with Crippen LogP contribution < -0.4 is 11.5 Å². The Balaban J connectivity index is 2.21. The van der Waals surface area contributed by atoms with Crippen LogP contribution >= 0.6 is 11.8 Å². The van der Waals surface area contributed by atoms with Gasteiger partial charge >= 0.3 is 0 Å². The second-order valence-corrected chi connectivity index (χ2v) is 3.92. The summed E-state index contributed by atoms with van der Waals surface area (Å²) in [6.45, 7) is 1.93. The standard InChI is InChI=1S/C10H16N2OS/c11-5-6-13-7-8-14-10-4-2-1-3-9(10)12/h1-4H,5-8,11-12H2. The van der Waals surface area contributed by atoms with Crippen LogP contribution in [-0.4, -0.2) is 25.5 Å². The zero-order valence-corrected chi connectivity index (χ0v) is 8.93. The maximum Gasteiger partial charge on any atom is 0.0589 e. The van der Waals surface area contributed by atoms with Gasteiger partial charge in [0.25, 0.3) is 0 Å². The predicted molar refractivity (Wildman–Crippen MR) is 61.5 cm³/mol. The van der Waals surface area contributed by atoms with Crippen molar-refractivity contribution < 1.29 is 4.74 Å². The Hall–Kier alpha value is -0.710. The number of benzene rings is 1. The van der Waals surface area contributed by atoms with Crippen molar-refractivity contribution in [2.24, 2.45) is 5.73 Å². The normalized spacial score (nSPS) is 10.4. The molecule has 0 aliphatic rings. The van der Waals surface area contributed by atoms with E-state index in [4.69, 9.17) is 16.2 Å². The molecule has 4 heteroatoms. The van der Waals surface area contributed by atoms with E-state index in [1.54, 1.807) is 11.8 Å². The Labute approximate surface area is 88.8 Å². The molecular weight excluding hydrogens is 196 g/mol. The fraction of sp³-hybridized carbons (Fsp3) is 0.400. The SMILES string of the molecule is NCCOCCSc1ccccc1N. The van der Waals surface area contributed by atoms with Crippen molar-refractivity contribution in [2.45, 2.75) is 4.90 Å². The van der Waals surface area contributed by atoms with Gasteiger partial charge in [-0.05, 0) is 12.1 Å². The smallest absolute Gasteiger partial charge is 0.0589 e. The first-order valence-electron chi connectivity index (χ1n) is 4.59. The largest absolute Gasteiger partial charge is 0.398 e. The van der Waals surface area contributed by atoms with Crippen LogP contribution in [0.5, 0.6) is 0 Å². The van der Waals surface area contributed by atoms with Gasteiger partial charge in [-0.15, -0.1) is 11.8 Å². The molecule has 78 valence electrons. The summed E-state index contributed by atoms with van der Waals surface area (Å²) in [6, 6.07) is 7.84. The minimum absolute atomic E-state index is 0.581. The molecule has 1 rings (SSSR count). The van der Waals surface area contributed by atoms with Crippen molar-refractivity contribution in [3.8, 4) is 0 Å². The van der Waals surface area contributed by atoms with Crippen molar-refractivity contribution in [3.05, 3.63) is 24.3 Å². The molecular formula is C10H16N2OS. The first-order chi connectivity index (χ1) is 6.84.